The van der Waals surface area contributed by atoms with Gasteiger partial charge >= 0.3 is 6.18 Å². The largest absolute Gasteiger partial charge is 0.394 e. The Morgan fingerprint density at radius 3 is 2.36 bits per heavy atom. The normalized spacial score (nSPS) is 32.7. The molecular weight excluding hydrogens is 272 g/mol. The highest BCUT2D eigenvalue weighted by Gasteiger charge is 2.44. The first kappa shape index (κ1) is 9.57. The summed E-state index contributed by atoms with van der Waals surface area (Å²) in [6.45, 7) is -0.156. The summed E-state index contributed by atoms with van der Waals surface area (Å²) in [5.74, 6) is -1.23. The van der Waals surface area contributed by atoms with Gasteiger partial charge in [0, 0.05) is 4.43 Å². The van der Waals surface area contributed by atoms with Crippen molar-refractivity contribution in [2.24, 2.45) is 5.92 Å². The van der Waals surface area contributed by atoms with Crippen molar-refractivity contribution in [1.29, 1.82) is 0 Å². The van der Waals surface area contributed by atoms with Crippen molar-refractivity contribution in [3.8, 4) is 0 Å². The van der Waals surface area contributed by atoms with E-state index >= 15 is 0 Å². The summed E-state index contributed by atoms with van der Waals surface area (Å²) in [6.07, 6.45) is -4.13. The number of ether oxygens (including phenoxy) is 1. The standard InChI is InChI=1S/C6H8F3IO/c7-6(8,9)4-1-5(2-10)11-3-4/h4-5H,1-3H2/t4-,5-/m0/s1. The van der Waals surface area contributed by atoms with Crippen LogP contribution >= 0.6 is 22.6 Å². The second kappa shape index (κ2) is 3.47. The van der Waals surface area contributed by atoms with Crippen molar-refractivity contribution in [2.75, 3.05) is 11.0 Å². The van der Waals surface area contributed by atoms with Gasteiger partial charge in [-0.3, -0.25) is 0 Å². The summed E-state index contributed by atoms with van der Waals surface area (Å²) in [4.78, 5) is 0. The van der Waals surface area contributed by atoms with Crippen LogP contribution < -0.4 is 0 Å². The molecule has 0 amide bonds. The highest BCUT2D eigenvalue weighted by molar-refractivity contribution is 14.1. The molecule has 66 valence electrons. The van der Waals surface area contributed by atoms with Crippen LogP contribution in [0.4, 0.5) is 13.2 Å². The van der Waals surface area contributed by atoms with Gasteiger partial charge in [0.05, 0.1) is 18.6 Å². The van der Waals surface area contributed by atoms with Crippen molar-refractivity contribution < 1.29 is 17.9 Å². The third-order valence-corrected chi connectivity index (χ3v) is 2.70. The number of hydrogen-bond donors (Lipinski definition) is 0. The molecule has 1 aliphatic rings. The van der Waals surface area contributed by atoms with Crippen molar-refractivity contribution >= 4 is 22.6 Å². The van der Waals surface area contributed by atoms with Crippen LogP contribution in [0.3, 0.4) is 0 Å². The van der Waals surface area contributed by atoms with E-state index in [9.17, 15) is 13.2 Å². The van der Waals surface area contributed by atoms with Crippen molar-refractivity contribution in [3.05, 3.63) is 0 Å². The lowest BCUT2D eigenvalue weighted by molar-refractivity contribution is -0.173. The Labute approximate surface area is 76.4 Å². The van der Waals surface area contributed by atoms with Gasteiger partial charge in [-0.05, 0) is 6.42 Å². The first-order valence-electron chi connectivity index (χ1n) is 3.28. The maximum atomic E-state index is 12.0. The topological polar surface area (TPSA) is 9.23 Å². The Morgan fingerprint density at radius 2 is 2.09 bits per heavy atom. The van der Waals surface area contributed by atoms with Crippen LogP contribution in [0.1, 0.15) is 6.42 Å². The third-order valence-electron chi connectivity index (χ3n) is 1.72. The summed E-state index contributed by atoms with van der Waals surface area (Å²) in [5, 5.41) is 0. The van der Waals surface area contributed by atoms with Crippen LogP contribution in [-0.4, -0.2) is 23.3 Å². The van der Waals surface area contributed by atoms with Gasteiger partial charge in [-0.25, -0.2) is 0 Å². The van der Waals surface area contributed by atoms with E-state index in [4.69, 9.17) is 4.74 Å². The van der Waals surface area contributed by atoms with Gasteiger partial charge in [0.15, 0.2) is 0 Å². The van der Waals surface area contributed by atoms with Crippen molar-refractivity contribution in [3.63, 3.8) is 0 Å². The summed E-state index contributed by atoms with van der Waals surface area (Å²) in [6, 6.07) is 0. The van der Waals surface area contributed by atoms with Crippen LogP contribution in [0.15, 0.2) is 0 Å². The molecule has 1 fully saturated rings. The van der Waals surface area contributed by atoms with Gasteiger partial charge in [-0.2, -0.15) is 13.2 Å². The highest BCUT2D eigenvalue weighted by atomic mass is 127. The number of halogens is 4. The predicted molar refractivity (Wildman–Crippen MR) is 42.8 cm³/mol. The molecule has 2 atom stereocenters. The molecule has 0 aliphatic carbocycles. The van der Waals surface area contributed by atoms with Crippen molar-refractivity contribution in [2.45, 2.75) is 18.7 Å². The van der Waals surface area contributed by atoms with Crippen LogP contribution in [0.5, 0.6) is 0 Å². The maximum Gasteiger partial charge on any atom is 0.394 e. The summed E-state index contributed by atoms with van der Waals surface area (Å²) in [5.41, 5.74) is 0. The summed E-state index contributed by atoms with van der Waals surface area (Å²) in [7, 11) is 0. The van der Waals surface area contributed by atoms with Crippen molar-refractivity contribution in [1.82, 2.24) is 0 Å². The van der Waals surface area contributed by atoms with E-state index in [1.54, 1.807) is 0 Å². The third kappa shape index (κ3) is 2.47. The van der Waals surface area contributed by atoms with Gasteiger partial charge in [-0.1, -0.05) is 22.6 Å². The van der Waals surface area contributed by atoms with E-state index in [1.807, 2.05) is 22.6 Å². The molecular formula is C6H8F3IO. The number of alkyl halides is 4. The summed E-state index contributed by atoms with van der Waals surface area (Å²) >= 11 is 2.04. The molecule has 0 radical (unpaired) electrons. The van der Waals surface area contributed by atoms with Gasteiger partial charge < -0.3 is 4.74 Å². The van der Waals surface area contributed by atoms with Gasteiger partial charge in [0.1, 0.15) is 0 Å². The molecule has 1 aliphatic heterocycles. The molecule has 1 rings (SSSR count). The molecule has 0 aromatic carbocycles. The Morgan fingerprint density at radius 1 is 1.45 bits per heavy atom. The molecule has 0 unspecified atom stereocenters. The maximum absolute atomic E-state index is 12.0. The van der Waals surface area contributed by atoms with Gasteiger partial charge in [0.25, 0.3) is 0 Å². The molecule has 1 heterocycles. The fourth-order valence-electron chi connectivity index (χ4n) is 1.04. The zero-order valence-electron chi connectivity index (χ0n) is 5.70. The minimum absolute atomic E-state index is 0.131. The average Bonchev–Trinajstić information content (AvgIpc) is 2.32. The Bertz CT molecular complexity index is 136. The highest BCUT2D eigenvalue weighted by Crippen LogP contribution is 2.35. The monoisotopic (exact) mass is 280 g/mol. The molecule has 0 spiro atoms. The number of hydrogen-bond acceptors (Lipinski definition) is 1. The lowest BCUT2D eigenvalue weighted by atomic mass is 10.1. The van der Waals surface area contributed by atoms with Crippen LogP contribution in [0.2, 0.25) is 0 Å². The quantitative estimate of drug-likeness (QED) is 0.529. The molecule has 5 heteroatoms. The molecule has 0 aromatic heterocycles. The fourth-order valence-corrected chi connectivity index (χ4v) is 1.66. The Hall–Kier alpha value is 0.480. The zero-order valence-corrected chi connectivity index (χ0v) is 7.85. The Balaban J connectivity index is 2.42. The first-order valence-corrected chi connectivity index (χ1v) is 4.81. The SMILES string of the molecule is FC(F)(F)[C@@H]1CO[C@H](CI)C1. The van der Waals surface area contributed by atoms with E-state index in [0.717, 1.165) is 0 Å². The zero-order chi connectivity index (χ0) is 8.48. The van der Waals surface area contributed by atoms with E-state index < -0.39 is 12.1 Å². The lowest BCUT2D eigenvalue weighted by Crippen LogP contribution is -2.23. The fraction of sp³-hybridized carbons (Fsp3) is 1.00. The minimum Gasteiger partial charge on any atom is -0.377 e. The Kier molecular flexibility index (Phi) is 3.02. The van der Waals surface area contributed by atoms with E-state index in [0.29, 0.717) is 4.43 Å². The van der Waals surface area contributed by atoms with Crippen LogP contribution in [0.25, 0.3) is 0 Å². The molecule has 0 bridgehead atoms. The van der Waals surface area contributed by atoms with E-state index in [-0.39, 0.29) is 19.1 Å². The molecule has 11 heavy (non-hydrogen) atoms. The van der Waals surface area contributed by atoms with Gasteiger partial charge in [-0.15, -0.1) is 0 Å². The van der Waals surface area contributed by atoms with Crippen LogP contribution in [-0.2, 0) is 4.74 Å². The average molecular weight is 280 g/mol. The van der Waals surface area contributed by atoms with Gasteiger partial charge in [0.2, 0.25) is 0 Å². The lowest BCUT2D eigenvalue weighted by Gasteiger charge is -2.11. The minimum atomic E-state index is -4.07. The smallest absolute Gasteiger partial charge is 0.377 e. The molecule has 0 aromatic rings. The summed E-state index contributed by atoms with van der Waals surface area (Å²) < 4.78 is 41.5. The second-order valence-electron chi connectivity index (χ2n) is 2.58. The second-order valence-corrected chi connectivity index (χ2v) is 3.46. The molecule has 0 saturated carbocycles. The van der Waals surface area contributed by atoms with E-state index in [1.165, 1.54) is 0 Å². The van der Waals surface area contributed by atoms with Crippen LogP contribution in [0, 0.1) is 5.92 Å². The molecule has 1 nitrogen and oxygen atoms in total. The first-order chi connectivity index (χ1) is 5.04. The molecule has 1 saturated heterocycles. The predicted octanol–water partition coefficient (Wildman–Crippen LogP) is 2.39. The molecule has 0 N–H and O–H groups in total. The van der Waals surface area contributed by atoms with E-state index in [2.05, 4.69) is 0 Å². The number of rotatable bonds is 1.